The topological polar surface area (TPSA) is 34.1 Å². The average molecular weight is 344 g/mol. The van der Waals surface area contributed by atoms with Gasteiger partial charge in [0.25, 0.3) is 0 Å². The molecule has 0 saturated carbocycles. The van der Waals surface area contributed by atoms with Crippen molar-refractivity contribution < 1.29 is 12.3 Å². The highest BCUT2D eigenvalue weighted by Gasteiger charge is 2.25. The number of hydrogen-bond donors (Lipinski definition) is 0. The molecule has 2 nitrogen and oxygen atoms in total. The van der Waals surface area contributed by atoms with Crippen molar-refractivity contribution in [2.45, 2.75) is 4.90 Å². The zero-order valence-electron chi connectivity index (χ0n) is 12.1. The summed E-state index contributed by atoms with van der Waals surface area (Å²) in [5, 5.41) is 2.46. The van der Waals surface area contributed by atoms with Gasteiger partial charge in [-0.1, -0.05) is 78.9 Å². The van der Waals surface area contributed by atoms with Gasteiger partial charge in [-0.25, -0.2) is 0 Å². The molecule has 3 rings (SSSR count). The number of rotatable bonds is 4. The van der Waals surface area contributed by atoms with Crippen LogP contribution in [0.15, 0.2) is 89.8 Å². The first kappa shape index (κ1) is 15.9. The van der Waals surface area contributed by atoms with Crippen molar-refractivity contribution >= 4 is 34.1 Å². The van der Waals surface area contributed by atoms with Gasteiger partial charge in [0.15, 0.2) is 0 Å². The third-order valence-corrected chi connectivity index (χ3v) is 6.93. The summed E-state index contributed by atoms with van der Waals surface area (Å²) < 4.78 is 36.9. The van der Waals surface area contributed by atoms with E-state index in [1.807, 2.05) is 60.7 Å². The predicted octanol–water partition coefficient (Wildman–Crippen LogP) is 3.10. The monoisotopic (exact) mass is 344 g/mol. The predicted molar refractivity (Wildman–Crippen MR) is 93.4 cm³/mol. The van der Waals surface area contributed by atoms with Crippen LogP contribution >= 0.6 is 7.92 Å². The first-order valence-corrected chi connectivity index (χ1v) is 9.74. The van der Waals surface area contributed by atoms with Gasteiger partial charge in [-0.05, 0) is 24.6 Å². The summed E-state index contributed by atoms with van der Waals surface area (Å²) in [6, 6.07) is 25.5. The van der Waals surface area contributed by atoms with Crippen LogP contribution in [0.1, 0.15) is 0 Å². The molecule has 0 fully saturated rings. The van der Waals surface area contributed by atoms with Crippen LogP contribution < -0.4 is 15.9 Å². The molecule has 0 unspecified atom stereocenters. The molecule has 23 heavy (non-hydrogen) atoms. The molecule has 0 aliphatic carbocycles. The minimum Gasteiger partial charge on any atom is -0.189 e. The molecule has 0 saturated heterocycles. The van der Waals surface area contributed by atoms with E-state index < -0.39 is 18.1 Å². The highest BCUT2D eigenvalue weighted by atomic mass is 32.3. The van der Waals surface area contributed by atoms with Crippen LogP contribution in [0.3, 0.4) is 0 Å². The van der Waals surface area contributed by atoms with Crippen molar-refractivity contribution in [2.24, 2.45) is 0 Å². The van der Waals surface area contributed by atoms with Crippen molar-refractivity contribution in [3.8, 4) is 0 Å². The lowest BCUT2D eigenvalue weighted by Gasteiger charge is -2.20. The Morgan fingerprint density at radius 3 is 1.57 bits per heavy atom. The van der Waals surface area contributed by atoms with E-state index in [1.54, 1.807) is 18.2 Å². The summed E-state index contributed by atoms with van der Waals surface area (Å²) in [7, 11) is -5.93. The summed E-state index contributed by atoms with van der Waals surface area (Å²) in [6.07, 6.45) is 0. The van der Waals surface area contributed by atoms with Gasteiger partial charge in [-0.3, -0.25) is 0 Å². The zero-order chi connectivity index (χ0) is 16.3. The molecule has 0 bridgehead atoms. The van der Waals surface area contributed by atoms with Crippen molar-refractivity contribution in [1.29, 1.82) is 0 Å². The Hall–Kier alpha value is -2.03. The number of hydrogen-bond acceptors (Lipinski definition) is 2. The van der Waals surface area contributed by atoms with Gasteiger partial charge in [0.05, 0.1) is 0 Å². The second-order valence-electron chi connectivity index (χ2n) is 4.91. The van der Waals surface area contributed by atoms with E-state index in [4.69, 9.17) is 0 Å². The molecular weight excluding hydrogens is 330 g/mol. The van der Waals surface area contributed by atoms with E-state index in [1.165, 1.54) is 6.07 Å². The minimum atomic E-state index is -4.78. The van der Waals surface area contributed by atoms with Crippen LogP contribution in [-0.4, -0.2) is 8.42 Å². The largest absolute Gasteiger partial charge is 0.332 e. The van der Waals surface area contributed by atoms with E-state index in [0.29, 0.717) is 5.30 Å². The standard InChI is InChI=1S/C18H14FO2PS/c19-23(20,21)18-14-8-7-13-17(18)22(15-9-3-1-4-10-15)16-11-5-2-6-12-16/h1-14H. The molecule has 0 aliphatic rings. The quantitative estimate of drug-likeness (QED) is 0.538. The lowest BCUT2D eigenvalue weighted by Crippen LogP contribution is -2.23. The van der Waals surface area contributed by atoms with Crippen LogP contribution in [0.25, 0.3) is 0 Å². The Morgan fingerprint density at radius 2 is 1.09 bits per heavy atom. The molecule has 0 aliphatic heterocycles. The van der Waals surface area contributed by atoms with E-state index in [0.717, 1.165) is 10.6 Å². The Labute approximate surface area is 136 Å². The third-order valence-electron chi connectivity index (χ3n) is 3.40. The molecule has 116 valence electrons. The Bertz CT molecular complexity index is 857. The summed E-state index contributed by atoms with van der Waals surface area (Å²) in [4.78, 5) is -0.251. The van der Waals surface area contributed by atoms with E-state index in [-0.39, 0.29) is 4.90 Å². The smallest absolute Gasteiger partial charge is 0.189 e. The van der Waals surface area contributed by atoms with Crippen molar-refractivity contribution in [2.75, 3.05) is 0 Å². The van der Waals surface area contributed by atoms with Gasteiger partial charge < -0.3 is 0 Å². The van der Waals surface area contributed by atoms with Crippen LogP contribution in [-0.2, 0) is 10.2 Å². The molecule has 0 aromatic heterocycles. The molecule has 0 heterocycles. The fourth-order valence-corrected chi connectivity index (χ4v) is 5.91. The molecule has 0 amide bonds. The maximum absolute atomic E-state index is 13.8. The Kier molecular flexibility index (Phi) is 4.56. The van der Waals surface area contributed by atoms with Crippen LogP contribution in [0.4, 0.5) is 3.89 Å². The molecule has 5 heteroatoms. The van der Waals surface area contributed by atoms with Crippen molar-refractivity contribution in [3.05, 3.63) is 84.9 Å². The van der Waals surface area contributed by atoms with Crippen LogP contribution in [0.2, 0.25) is 0 Å². The summed E-state index contributed by atoms with van der Waals surface area (Å²) in [6.45, 7) is 0. The van der Waals surface area contributed by atoms with E-state index in [9.17, 15) is 12.3 Å². The highest BCUT2D eigenvalue weighted by molar-refractivity contribution is 7.88. The SMILES string of the molecule is O=S(=O)(F)c1ccccc1P(c1ccccc1)c1ccccc1. The zero-order valence-corrected chi connectivity index (χ0v) is 13.8. The van der Waals surface area contributed by atoms with Crippen molar-refractivity contribution in [1.82, 2.24) is 0 Å². The van der Waals surface area contributed by atoms with Crippen LogP contribution in [0.5, 0.6) is 0 Å². The molecule has 0 atom stereocenters. The van der Waals surface area contributed by atoms with Gasteiger partial charge in [0.1, 0.15) is 4.90 Å². The summed E-state index contributed by atoms with van der Waals surface area (Å²) >= 11 is 0. The molecule has 0 radical (unpaired) electrons. The van der Waals surface area contributed by atoms with E-state index >= 15 is 0 Å². The fraction of sp³-hybridized carbons (Fsp3) is 0. The Morgan fingerprint density at radius 1 is 0.652 bits per heavy atom. The lowest BCUT2D eigenvalue weighted by atomic mass is 10.3. The average Bonchev–Trinajstić information content (AvgIpc) is 2.57. The van der Waals surface area contributed by atoms with Gasteiger partial charge in [-0.2, -0.15) is 8.42 Å². The molecular formula is C18H14FO2PS. The van der Waals surface area contributed by atoms with Crippen LogP contribution in [0, 0.1) is 0 Å². The maximum atomic E-state index is 13.8. The molecule has 0 spiro atoms. The Balaban J connectivity index is 2.26. The summed E-state index contributed by atoms with van der Waals surface area (Å²) in [5.74, 6) is 0. The maximum Gasteiger partial charge on any atom is 0.332 e. The number of benzene rings is 3. The summed E-state index contributed by atoms with van der Waals surface area (Å²) in [5.41, 5.74) is 0. The second-order valence-corrected chi connectivity index (χ2v) is 8.41. The molecule has 3 aromatic carbocycles. The van der Waals surface area contributed by atoms with Gasteiger partial charge >= 0.3 is 10.2 Å². The minimum absolute atomic E-state index is 0.251. The fourth-order valence-electron chi connectivity index (χ4n) is 2.43. The first-order valence-electron chi connectivity index (χ1n) is 7.01. The second kappa shape index (κ2) is 6.61. The van der Waals surface area contributed by atoms with Gasteiger partial charge in [-0.15, -0.1) is 3.89 Å². The highest BCUT2D eigenvalue weighted by Crippen LogP contribution is 2.35. The number of halogens is 1. The third kappa shape index (κ3) is 3.49. The van der Waals surface area contributed by atoms with E-state index in [2.05, 4.69) is 0 Å². The molecule has 0 N–H and O–H groups in total. The van der Waals surface area contributed by atoms with Crippen molar-refractivity contribution in [3.63, 3.8) is 0 Å². The van der Waals surface area contributed by atoms with Gasteiger partial charge in [0, 0.05) is 5.30 Å². The van der Waals surface area contributed by atoms with Gasteiger partial charge in [0.2, 0.25) is 0 Å². The normalized spacial score (nSPS) is 11.6. The lowest BCUT2D eigenvalue weighted by molar-refractivity contribution is 0.553. The first-order chi connectivity index (χ1) is 11.1. The molecule has 3 aromatic rings.